The summed E-state index contributed by atoms with van der Waals surface area (Å²) in [4.78, 5) is 0. The molecule has 0 N–H and O–H groups in total. The van der Waals surface area contributed by atoms with Crippen LogP contribution in [-0.4, -0.2) is 36.7 Å². The fourth-order valence-corrected chi connectivity index (χ4v) is 2.65. The molecule has 0 aromatic heterocycles. The minimum atomic E-state index is -2.46. The number of ether oxygens (including phenoxy) is 1. The van der Waals surface area contributed by atoms with Crippen molar-refractivity contribution in [1.82, 2.24) is 0 Å². The Balaban J connectivity index is 3.76. The first kappa shape index (κ1) is 12.4. The van der Waals surface area contributed by atoms with Crippen LogP contribution >= 0.6 is 0 Å². The zero-order valence-corrected chi connectivity index (χ0v) is 9.20. The molecule has 0 amide bonds. The topological polar surface area (TPSA) is 60.7 Å². The molecule has 0 fully saturated rings. The van der Waals surface area contributed by atoms with Crippen LogP contribution in [0.25, 0.3) is 0 Å². The van der Waals surface area contributed by atoms with Gasteiger partial charge in [-0.15, -0.1) is 0 Å². The fraction of sp³-hybridized carbons (Fsp3) is 0.857. The molecule has 6 heteroatoms. The lowest BCUT2D eigenvalue weighted by atomic mass is 10.5. The molecule has 0 aromatic rings. The molecule has 0 spiro atoms. The molecule has 0 unspecified atom stereocenters. The second-order valence-corrected chi connectivity index (χ2v) is 5.43. The van der Waals surface area contributed by atoms with Gasteiger partial charge in [0.1, 0.15) is 6.61 Å². The van der Waals surface area contributed by atoms with Gasteiger partial charge in [-0.2, -0.15) is 5.26 Å². The smallest absolute Gasteiger partial charge is 0.428 e. The predicted octanol–water partition coefficient (Wildman–Crippen LogP) is 0.752. The van der Waals surface area contributed by atoms with E-state index in [1.165, 1.54) is 0 Å². The van der Waals surface area contributed by atoms with Crippen molar-refractivity contribution in [2.24, 2.45) is 0 Å². The average Bonchev–Trinajstić information content (AvgIpc) is 2.20. The third-order valence-corrected chi connectivity index (χ3v) is 4.56. The highest BCUT2D eigenvalue weighted by atomic mass is 28.4. The van der Waals surface area contributed by atoms with E-state index in [4.69, 9.17) is 18.5 Å². The van der Waals surface area contributed by atoms with Gasteiger partial charge in [0.2, 0.25) is 0 Å². The molecule has 5 nitrogen and oxygen atoms in total. The van der Waals surface area contributed by atoms with Gasteiger partial charge in [-0.05, 0) is 6.42 Å². The Morgan fingerprint density at radius 1 is 1.15 bits per heavy atom. The largest absolute Gasteiger partial charge is 0.500 e. The normalized spacial score (nSPS) is 10.9. The monoisotopic (exact) mass is 205 g/mol. The van der Waals surface area contributed by atoms with E-state index >= 15 is 0 Å². The van der Waals surface area contributed by atoms with E-state index in [9.17, 15) is 0 Å². The van der Waals surface area contributed by atoms with Gasteiger partial charge in [0.05, 0.1) is 0 Å². The molecule has 13 heavy (non-hydrogen) atoms. The van der Waals surface area contributed by atoms with Crippen LogP contribution in [0.1, 0.15) is 6.42 Å². The Labute approximate surface area is 79.5 Å². The van der Waals surface area contributed by atoms with Crippen LogP contribution in [0.4, 0.5) is 0 Å². The Hall–Kier alpha value is -0.613. The first-order chi connectivity index (χ1) is 6.24. The summed E-state index contributed by atoms with van der Waals surface area (Å²) in [6.45, 7) is 0.376. The second-order valence-electron chi connectivity index (χ2n) is 2.34. The molecule has 0 bridgehead atoms. The van der Waals surface area contributed by atoms with Crippen LogP contribution in [0.5, 0.6) is 0 Å². The molecular weight excluding hydrogens is 190 g/mol. The van der Waals surface area contributed by atoms with Crippen molar-refractivity contribution in [3.63, 3.8) is 0 Å². The van der Waals surface area contributed by atoms with Crippen LogP contribution in [0, 0.1) is 11.5 Å². The highest BCUT2D eigenvalue weighted by molar-refractivity contribution is 6.60. The fourth-order valence-electron chi connectivity index (χ4n) is 0.963. The predicted molar refractivity (Wildman–Crippen MR) is 47.8 cm³/mol. The number of rotatable bonds is 7. The van der Waals surface area contributed by atoms with Gasteiger partial charge in [-0.3, -0.25) is 0 Å². The molecule has 0 saturated carbocycles. The minimum Gasteiger partial charge on any atom is -0.428 e. The number of hydrogen-bond acceptors (Lipinski definition) is 5. The number of nitrogens with zero attached hydrogens (tertiary/aromatic N) is 1. The third kappa shape index (κ3) is 4.24. The van der Waals surface area contributed by atoms with E-state index in [1.807, 2.05) is 0 Å². The molecule has 0 aliphatic heterocycles. The molecule has 0 aliphatic rings. The number of hydrogen-bond donors (Lipinski definition) is 0. The lowest BCUT2D eigenvalue weighted by molar-refractivity contribution is 0.120. The summed E-state index contributed by atoms with van der Waals surface area (Å²) in [6.07, 6.45) is 2.29. The van der Waals surface area contributed by atoms with Crippen LogP contribution in [0.3, 0.4) is 0 Å². The first-order valence-corrected chi connectivity index (χ1v) is 5.84. The van der Waals surface area contributed by atoms with Crippen molar-refractivity contribution in [3.05, 3.63) is 0 Å². The van der Waals surface area contributed by atoms with E-state index in [1.54, 1.807) is 27.6 Å². The zero-order chi connectivity index (χ0) is 10.2. The van der Waals surface area contributed by atoms with E-state index in [0.717, 1.165) is 0 Å². The average molecular weight is 205 g/mol. The van der Waals surface area contributed by atoms with E-state index in [0.29, 0.717) is 19.1 Å². The van der Waals surface area contributed by atoms with Crippen molar-refractivity contribution in [2.75, 3.05) is 27.9 Å². The number of nitriles is 1. The molecule has 0 rings (SSSR count). The molecule has 0 aliphatic carbocycles. The summed E-state index contributed by atoms with van der Waals surface area (Å²) >= 11 is 0. The van der Waals surface area contributed by atoms with Crippen LogP contribution in [0.15, 0.2) is 0 Å². The van der Waals surface area contributed by atoms with Crippen molar-refractivity contribution in [3.8, 4) is 6.26 Å². The molecule has 0 heterocycles. The highest BCUT2D eigenvalue weighted by Gasteiger charge is 2.36. The van der Waals surface area contributed by atoms with Crippen molar-refractivity contribution >= 4 is 8.80 Å². The standard InChI is InChI=1S/C7H15NO4Si/c1-9-13(10-2,11-3)6-4-5-12-7-8/h4-6H2,1-3H3. The van der Waals surface area contributed by atoms with Gasteiger partial charge in [-0.1, -0.05) is 0 Å². The summed E-state index contributed by atoms with van der Waals surface area (Å²) in [5.74, 6) is 0. The van der Waals surface area contributed by atoms with Crippen LogP contribution in [-0.2, 0) is 18.0 Å². The summed E-state index contributed by atoms with van der Waals surface area (Å²) < 4.78 is 20.0. The molecule has 0 saturated heterocycles. The summed E-state index contributed by atoms with van der Waals surface area (Å²) in [5.41, 5.74) is 0. The third-order valence-electron chi connectivity index (χ3n) is 1.73. The maximum absolute atomic E-state index is 8.11. The van der Waals surface area contributed by atoms with E-state index < -0.39 is 8.80 Å². The second kappa shape index (κ2) is 6.86. The van der Waals surface area contributed by atoms with Gasteiger partial charge >= 0.3 is 8.80 Å². The molecule has 0 aromatic carbocycles. The summed E-state index contributed by atoms with van der Waals surface area (Å²) in [7, 11) is 2.22. The molecule has 76 valence electrons. The Morgan fingerprint density at radius 2 is 1.69 bits per heavy atom. The van der Waals surface area contributed by atoms with Gasteiger partial charge in [0.25, 0.3) is 6.26 Å². The Morgan fingerprint density at radius 3 is 2.08 bits per heavy atom. The first-order valence-electron chi connectivity index (χ1n) is 3.91. The molecular formula is C7H15NO4Si. The van der Waals surface area contributed by atoms with Crippen LogP contribution in [0.2, 0.25) is 6.04 Å². The molecule has 0 radical (unpaired) electrons. The minimum absolute atomic E-state index is 0.376. The Bertz CT molecular complexity index is 158. The lowest BCUT2D eigenvalue weighted by Gasteiger charge is -2.23. The van der Waals surface area contributed by atoms with Crippen molar-refractivity contribution in [1.29, 1.82) is 5.26 Å². The van der Waals surface area contributed by atoms with Crippen molar-refractivity contribution < 1.29 is 18.0 Å². The van der Waals surface area contributed by atoms with Gasteiger partial charge in [0, 0.05) is 27.4 Å². The van der Waals surface area contributed by atoms with E-state index in [-0.39, 0.29) is 0 Å². The maximum Gasteiger partial charge on any atom is 0.500 e. The highest BCUT2D eigenvalue weighted by Crippen LogP contribution is 2.14. The van der Waals surface area contributed by atoms with Gasteiger partial charge in [0.15, 0.2) is 0 Å². The van der Waals surface area contributed by atoms with Gasteiger partial charge < -0.3 is 18.0 Å². The van der Waals surface area contributed by atoms with Gasteiger partial charge in [-0.25, -0.2) is 0 Å². The Kier molecular flexibility index (Phi) is 6.53. The maximum atomic E-state index is 8.11. The van der Waals surface area contributed by atoms with Crippen LogP contribution < -0.4 is 0 Å². The summed E-state index contributed by atoms with van der Waals surface area (Å²) in [5, 5.41) is 8.11. The molecule has 0 atom stereocenters. The quantitative estimate of drug-likeness (QED) is 0.349. The van der Waals surface area contributed by atoms with E-state index in [2.05, 4.69) is 4.74 Å². The summed E-state index contributed by atoms with van der Waals surface area (Å²) in [6, 6.07) is 0.651. The lowest BCUT2D eigenvalue weighted by Crippen LogP contribution is -2.42. The van der Waals surface area contributed by atoms with Crippen molar-refractivity contribution in [2.45, 2.75) is 12.5 Å². The zero-order valence-electron chi connectivity index (χ0n) is 8.20. The SMILES string of the molecule is CO[Si](CCCOC#N)(OC)OC.